The molecule has 7 atom stereocenters. The minimum absolute atomic E-state index is 0.00249. The summed E-state index contributed by atoms with van der Waals surface area (Å²) in [7, 11) is 0. The number of nitrogens with zero attached hydrogens (tertiary/aromatic N) is 1. The molecule has 0 aliphatic carbocycles. The van der Waals surface area contributed by atoms with Gasteiger partial charge >= 0.3 is 0 Å². The number of carbonyl (C=O) groups excluding carboxylic acids is 3. The van der Waals surface area contributed by atoms with Crippen LogP contribution in [0.4, 0.5) is 5.69 Å². The SMILES string of the molecule is CCCC(C)NC(=O)C1N([C@@H](CO)C(C)C)C(=O)[C@@H]2[C@H](C(=O)Nc3ccccc3)[C@@H]3CCC12S3. The number of aliphatic hydroxyl groups excluding tert-OH is 1. The first-order valence-electron chi connectivity index (χ1n) is 12.5. The standard InChI is InChI=1S/C26H37N3O4S/c1-5-9-16(4)27-24(32)22-26-13-12-19(34-26)20(23(31)28-17-10-7-6-8-11-17)21(26)25(33)29(22)18(14-30)15(2)3/h6-8,10-11,15-16,18-22,30H,5,9,12-14H2,1-4H3,(H,27,32)(H,28,31)/t16?,18-,19-,20+,21-,22?,26?/m0/s1. The van der Waals surface area contributed by atoms with Crippen LogP contribution in [0.3, 0.4) is 0 Å². The molecule has 3 amide bonds. The third-order valence-corrected chi connectivity index (χ3v) is 9.71. The summed E-state index contributed by atoms with van der Waals surface area (Å²) in [6, 6.07) is 8.13. The highest BCUT2D eigenvalue weighted by Crippen LogP contribution is 2.66. The molecule has 186 valence electrons. The van der Waals surface area contributed by atoms with Gasteiger partial charge in [0.2, 0.25) is 17.7 Å². The van der Waals surface area contributed by atoms with Gasteiger partial charge in [0.1, 0.15) is 6.04 Å². The van der Waals surface area contributed by atoms with Crippen LogP contribution in [0.1, 0.15) is 53.4 Å². The number of para-hydroxylation sites is 1. The number of aliphatic hydroxyl groups is 1. The van der Waals surface area contributed by atoms with E-state index in [9.17, 15) is 19.5 Å². The summed E-state index contributed by atoms with van der Waals surface area (Å²) in [5.74, 6) is -1.57. The number of hydrogen-bond acceptors (Lipinski definition) is 5. The fourth-order valence-electron chi connectivity index (χ4n) is 6.24. The second-order valence-electron chi connectivity index (χ2n) is 10.3. The van der Waals surface area contributed by atoms with Crippen molar-refractivity contribution in [1.29, 1.82) is 0 Å². The molecule has 1 aromatic rings. The topological polar surface area (TPSA) is 98.7 Å². The lowest BCUT2D eigenvalue weighted by Crippen LogP contribution is -2.58. The summed E-state index contributed by atoms with van der Waals surface area (Å²) in [6.45, 7) is 7.76. The van der Waals surface area contributed by atoms with Crippen LogP contribution in [0.5, 0.6) is 0 Å². The van der Waals surface area contributed by atoms with Crippen molar-refractivity contribution in [3.63, 3.8) is 0 Å². The highest BCUT2D eigenvalue weighted by Gasteiger charge is 2.74. The van der Waals surface area contributed by atoms with E-state index in [0.717, 1.165) is 25.7 Å². The maximum absolute atomic E-state index is 14.0. The minimum atomic E-state index is -0.687. The van der Waals surface area contributed by atoms with Crippen LogP contribution >= 0.6 is 11.8 Å². The lowest BCUT2D eigenvalue weighted by atomic mass is 9.70. The Bertz CT molecular complexity index is 926. The number of nitrogens with one attached hydrogen (secondary N) is 2. The minimum Gasteiger partial charge on any atom is -0.394 e. The molecule has 1 spiro atoms. The zero-order chi connectivity index (χ0) is 24.6. The zero-order valence-corrected chi connectivity index (χ0v) is 21.3. The predicted molar refractivity (Wildman–Crippen MR) is 134 cm³/mol. The van der Waals surface area contributed by atoms with E-state index in [4.69, 9.17) is 0 Å². The number of likely N-dealkylation sites (tertiary alicyclic amines) is 1. The monoisotopic (exact) mass is 487 g/mol. The largest absolute Gasteiger partial charge is 0.394 e. The van der Waals surface area contributed by atoms with Crippen LogP contribution in [-0.2, 0) is 14.4 Å². The Morgan fingerprint density at radius 2 is 1.91 bits per heavy atom. The highest BCUT2D eigenvalue weighted by molar-refractivity contribution is 8.02. The lowest BCUT2D eigenvalue weighted by molar-refractivity contribution is -0.143. The molecule has 3 saturated heterocycles. The Morgan fingerprint density at radius 3 is 2.53 bits per heavy atom. The van der Waals surface area contributed by atoms with Gasteiger partial charge in [-0.2, -0.15) is 0 Å². The fraction of sp³-hybridized carbons (Fsp3) is 0.654. The maximum atomic E-state index is 14.0. The summed E-state index contributed by atoms with van der Waals surface area (Å²) < 4.78 is -0.640. The van der Waals surface area contributed by atoms with Crippen molar-refractivity contribution in [3.05, 3.63) is 30.3 Å². The van der Waals surface area contributed by atoms with Crippen LogP contribution in [-0.4, -0.2) is 62.5 Å². The summed E-state index contributed by atoms with van der Waals surface area (Å²) in [6.07, 6.45) is 3.33. The van der Waals surface area contributed by atoms with Gasteiger partial charge in [0, 0.05) is 17.0 Å². The Morgan fingerprint density at radius 1 is 1.21 bits per heavy atom. The molecule has 7 nitrogen and oxygen atoms in total. The first-order chi connectivity index (χ1) is 16.2. The molecule has 4 rings (SSSR count). The molecule has 3 heterocycles. The molecule has 3 unspecified atom stereocenters. The third-order valence-electron chi connectivity index (χ3n) is 7.75. The maximum Gasteiger partial charge on any atom is 0.244 e. The number of amides is 3. The number of fused-ring (bicyclic) bond motifs is 1. The van der Waals surface area contributed by atoms with Gasteiger partial charge in [0.15, 0.2) is 0 Å². The molecule has 3 fully saturated rings. The molecule has 0 saturated carbocycles. The number of thioether (sulfide) groups is 1. The van der Waals surface area contributed by atoms with Crippen LogP contribution in [0.2, 0.25) is 0 Å². The lowest BCUT2D eigenvalue weighted by Gasteiger charge is -2.39. The molecule has 2 bridgehead atoms. The first kappa shape index (κ1) is 25.0. The van der Waals surface area contributed by atoms with Crippen molar-refractivity contribution in [2.75, 3.05) is 11.9 Å². The first-order valence-corrected chi connectivity index (χ1v) is 13.4. The summed E-state index contributed by atoms with van der Waals surface area (Å²) in [5.41, 5.74) is 0.703. The Kier molecular flexibility index (Phi) is 7.29. The van der Waals surface area contributed by atoms with Crippen LogP contribution in [0.15, 0.2) is 30.3 Å². The molecule has 0 aromatic heterocycles. The molecular weight excluding hydrogens is 450 g/mol. The summed E-state index contributed by atoms with van der Waals surface area (Å²) >= 11 is 1.65. The molecule has 3 aliphatic rings. The van der Waals surface area contributed by atoms with Gasteiger partial charge < -0.3 is 20.6 Å². The van der Waals surface area contributed by atoms with Crippen molar-refractivity contribution in [3.8, 4) is 0 Å². The summed E-state index contributed by atoms with van der Waals surface area (Å²) in [5, 5.41) is 16.4. The molecule has 34 heavy (non-hydrogen) atoms. The Balaban J connectivity index is 1.69. The van der Waals surface area contributed by atoms with Gasteiger partial charge in [-0.15, -0.1) is 11.8 Å². The van der Waals surface area contributed by atoms with E-state index in [0.29, 0.717) is 5.69 Å². The van der Waals surface area contributed by atoms with Crippen molar-refractivity contribution >= 4 is 35.2 Å². The number of anilines is 1. The van der Waals surface area contributed by atoms with Gasteiger partial charge in [-0.3, -0.25) is 14.4 Å². The average Bonchev–Trinajstić information content (AvgIpc) is 3.43. The predicted octanol–water partition coefficient (Wildman–Crippen LogP) is 3.04. The van der Waals surface area contributed by atoms with E-state index >= 15 is 0 Å². The van der Waals surface area contributed by atoms with E-state index in [-0.39, 0.29) is 41.5 Å². The van der Waals surface area contributed by atoms with Crippen LogP contribution < -0.4 is 10.6 Å². The van der Waals surface area contributed by atoms with Crippen molar-refractivity contribution in [2.24, 2.45) is 17.8 Å². The zero-order valence-electron chi connectivity index (χ0n) is 20.5. The number of benzene rings is 1. The van der Waals surface area contributed by atoms with Gasteiger partial charge in [-0.05, 0) is 44.2 Å². The van der Waals surface area contributed by atoms with Crippen molar-refractivity contribution in [2.45, 2.75) is 81.5 Å². The van der Waals surface area contributed by atoms with Crippen molar-refractivity contribution in [1.82, 2.24) is 10.2 Å². The van der Waals surface area contributed by atoms with Gasteiger partial charge in [0.25, 0.3) is 0 Å². The number of hydrogen-bond donors (Lipinski definition) is 3. The van der Waals surface area contributed by atoms with Crippen molar-refractivity contribution < 1.29 is 19.5 Å². The molecule has 3 aliphatic heterocycles. The number of carbonyl (C=O) groups is 3. The molecule has 3 N–H and O–H groups in total. The van der Waals surface area contributed by atoms with E-state index < -0.39 is 28.7 Å². The highest BCUT2D eigenvalue weighted by atomic mass is 32.2. The number of rotatable bonds is 9. The van der Waals surface area contributed by atoms with E-state index in [1.165, 1.54) is 0 Å². The molecule has 0 radical (unpaired) electrons. The summed E-state index contributed by atoms with van der Waals surface area (Å²) in [4.78, 5) is 42.8. The van der Waals surface area contributed by atoms with E-state index in [2.05, 4.69) is 17.6 Å². The molecular formula is C26H37N3O4S. The second kappa shape index (κ2) is 9.90. The second-order valence-corrected chi connectivity index (χ2v) is 12.0. The third kappa shape index (κ3) is 4.13. The fourth-order valence-corrected chi connectivity index (χ4v) is 8.45. The smallest absolute Gasteiger partial charge is 0.244 e. The normalized spacial score (nSPS) is 31.5. The van der Waals surface area contributed by atoms with Crippen LogP contribution in [0, 0.1) is 17.8 Å². The van der Waals surface area contributed by atoms with Crippen LogP contribution in [0.25, 0.3) is 0 Å². The molecule has 1 aromatic carbocycles. The van der Waals surface area contributed by atoms with Gasteiger partial charge in [-0.25, -0.2) is 0 Å². The van der Waals surface area contributed by atoms with Gasteiger partial charge in [0.05, 0.1) is 29.2 Å². The van der Waals surface area contributed by atoms with E-state index in [1.807, 2.05) is 51.1 Å². The Labute approximate surface area is 206 Å². The van der Waals surface area contributed by atoms with E-state index in [1.54, 1.807) is 16.7 Å². The van der Waals surface area contributed by atoms with Gasteiger partial charge in [-0.1, -0.05) is 45.4 Å². The average molecular weight is 488 g/mol. The quantitative estimate of drug-likeness (QED) is 0.497. The molecule has 8 heteroatoms. The Hall–Kier alpha value is -2.06.